The molecule has 2 aliphatic rings. The Kier molecular flexibility index (Phi) is 5.04. The maximum Gasteiger partial charge on any atom is 0.239 e. The Balaban J connectivity index is 1.25. The van der Waals surface area contributed by atoms with Crippen molar-refractivity contribution in [1.29, 1.82) is 0 Å². The lowest BCUT2D eigenvalue weighted by atomic mass is 10.1. The molecule has 0 spiro atoms. The number of anilines is 1. The normalized spacial score (nSPS) is 18.1. The van der Waals surface area contributed by atoms with Gasteiger partial charge in [-0.3, -0.25) is 9.89 Å². The van der Waals surface area contributed by atoms with Crippen molar-refractivity contribution in [3.8, 4) is 0 Å². The highest BCUT2D eigenvalue weighted by Crippen LogP contribution is 2.43. The second-order valence-corrected chi connectivity index (χ2v) is 8.49. The van der Waals surface area contributed by atoms with Crippen molar-refractivity contribution in [3.63, 3.8) is 0 Å². The number of aromatic nitrogens is 4. The first kappa shape index (κ1) is 19.3. The Hall–Kier alpha value is -2.71. The number of fused-ring (bicyclic) bond motifs is 1. The molecule has 2 fully saturated rings. The minimum absolute atomic E-state index is 0.0144. The summed E-state index contributed by atoms with van der Waals surface area (Å²) in [5, 5.41) is 9.21. The number of nitrogens with two attached hydrogens (primary N) is 1. The Morgan fingerprint density at radius 3 is 2.60 bits per heavy atom. The van der Waals surface area contributed by atoms with Crippen molar-refractivity contribution >= 4 is 34.4 Å². The SMILES string of the molecule is N[C@H](Cc1ccc(Cl)cc1)C(=O)N1CCN(c2ncnc3n[nH]c(C4CC4)c23)CC1. The zero-order chi connectivity index (χ0) is 20.7. The third-order valence-electron chi connectivity index (χ3n) is 5.92. The average molecular weight is 426 g/mol. The van der Waals surface area contributed by atoms with Crippen LogP contribution in [0.2, 0.25) is 5.02 Å². The molecular formula is C21H24ClN7O. The number of halogens is 1. The molecule has 1 aromatic carbocycles. The van der Waals surface area contributed by atoms with Gasteiger partial charge in [0.25, 0.3) is 0 Å². The van der Waals surface area contributed by atoms with Crippen molar-refractivity contribution in [2.75, 3.05) is 31.1 Å². The van der Waals surface area contributed by atoms with Gasteiger partial charge in [-0.1, -0.05) is 23.7 Å². The van der Waals surface area contributed by atoms with E-state index in [-0.39, 0.29) is 5.91 Å². The Bertz CT molecular complexity index is 1050. The van der Waals surface area contributed by atoms with Gasteiger partial charge in [-0.05, 0) is 37.0 Å². The van der Waals surface area contributed by atoms with E-state index in [2.05, 4.69) is 25.1 Å². The zero-order valence-electron chi connectivity index (χ0n) is 16.6. The van der Waals surface area contributed by atoms with Gasteiger partial charge in [0.1, 0.15) is 12.1 Å². The van der Waals surface area contributed by atoms with Crippen LogP contribution in [0.3, 0.4) is 0 Å². The summed E-state index contributed by atoms with van der Waals surface area (Å²) in [4.78, 5) is 25.8. The summed E-state index contributed by atoms with van der Waals surface area (Å²) in [7, 11) is 0. The predicted molar refractivity (Wildman–Crippen MR) is 116 cm³/mol. The molecule has 0 radical (unpaired) electrons. The molecule has 3 aromatic rings. The van der Waals surface area contributed by atoms with Crippen molar-refractivity contribution < 1.29 is 4.79 Å². The number of nitrogens with zero attached hydrogens (tertiary/aromatic N) is 5. The molecule has 2 aromatic heterocycles. The Morgan fingerprint density at radius 1 is 1.17 bits per heavy atom. The summed E-state index contributed by atoms with van der Waals surface area (Å²) in [5.41, 5.74) is 9.08. The van der Waals surface area contributed by atoms with Gasteiger partial charge >= 0.3 is 0 Å². The van der Waals surface area contributed by atoms with Gasteiger partial charge < -0.3 is 15.5 Å². The van der Waals surface area contributed by atoms with Gasteiger partial charge in [0, 0.05) is 37.1 Å². The Labute approximate surface area is 179 Å². The molecule has 1 aliphatic carbocycles. The maximum atomic E-state index is 12.9. The fraction of sp³-hybridized carbons (Fsp3) is 0.429. The summed E-state index contributed by atoms with van der Waals surface area (Å²) in [6, 6.07) is 6.91. The van der Waals surface area contributed by atoms with Gasteiger partial charge in [-0.25, -0.2) is 9.97 Å². The molecule has 1 aliphatic heterocycles. The number of rotatable bonds is 5. The number of nitrogens with one attached hydrogen (secondary N) is 1. The van der Waals surface area contributed by atoms with E-state index in [1.807, 2.05) is 29.2 Å². The standard InChI is InChI=1S/C21H24ClN7O/c22-15-5-1-13(2-6-15)11-16(23)21(30)29-9-7-28(8-10-29)20-17-18(14-3-4-14)26-27-19(17)24-12-25-20/h1-2,5-6,12,14,16H,3-4,7-11,23H2,(H,24,25,26,27)/t16-/m1/s1. The largest absolute Gasteiger partial charge is 0.352 e. The van der Waals surface area contributed by atoms with Crippen LogP contribution in [0.15, 0.2) is 30.6 Å². The molecule has 1 saturated carbocycles. The fourth-order valence-corrected chi connectivity index (χ4v) is 4.23. The molecule has 1 atom stereocenters. The number of amides is 1. The minimum Gasteiger partial charge on any atom is -0.352 e. The molecule has 9 heteroatoms. The highest BCUT2D eigenvalue weighted by atomic mass is 35.5. The first-order valence-electron chi connectivity index (χ1n) is 10.3. The van der Waals surface area contributed by atoms with Gasteiger partial charge in [-0.15, -0.1) is 0 Å². The molecule has 3 heterocycles. The van der Waals surface area contributed by atoms with E-state index in [1.165, 1.54) is 12.8 Å². The summed E-state index contributed by atoms with van der Waals surface area (Å²) in [6.45, 7) is 2.66. The fourth-order valence-electron chi connectivity index (χ4n) is 4.10. The molecule has 30 heavy (non-hydrogen) atoms. The second-order valence-electron chi connectivity index (χ2n) is 8.06. The van der Waals surface area contributed by atoms with E-state index in [0.717, 1.165) is 22.5 Å². The lowest BCUT2D eigenvalue weighted by molar-refractivity contribution is -0.132. The van der Waals surface area contributed by atoms with Crippen molar-refractivity contribution in [2.45, 2.75) is 31.2 Å². The van der Waals surface area contributed by atoms with E-state index < -0.39 is 6.04 Å². The maximum absolute atomic E-state index is 12.9. The van der Waals surface area contributed by atoms with Crippen LogP contribution in [0.1, 0.15) is 30.0 Å². The highest BCUT2D eigenvalue weighted by Gasteiger charge is 2.32. The Morgan fingerprint density at radius 2 is 1.90 bits per heavy atom. The molecule has 0 bridgehead atoms. The lowest BCUT2D eigenvalue weighted by Gasteiger charge is -2.36. The van der Waals surface area contributed by atoms with Crippen LogP contribution in [0.5, 0.6) is 0 Å². The second kappa shape index (κ2) is 7.85. The molecule has 156 valence electrons. The van der Waals surface area contributed by atoms with Crippen LogP contribution in [0, 0.1) is 0 Å². The highest BCUT2D eigenvalue weighted by molar-refractivity contribution is 6.30. The summed E-state index contributed by atoms with van der Waals surface area (Å²) in [5.74, 6) is 1.43. The molecule has 1 saturated heterocycles. The third kappa shape index (κ3) is 3.73. The van der Waals surface area contributed by atoms with Crippen molar-refractivity contribution in [3.05, 3.63) is 46.9 Å². The average Bonchev–Trinajstić information content (AvgIpc) is 3.53. The van der Waals surface area contributed by atoms with E-state index in [1.54, 1.807) is 6.33 Å². The van der Waals surface area contributed by atoms with E-state index >= 15 is 0 Å². The van der Waals surface area contributed by atoms with Crippen LogP contribution in [-0.2, 0) is 11.2 Å². The first-order valence-corrected chi connectivity index (χ1v) is 10.7. The van der Waals surface area contributed by atoms with Crippen molar-refractivity contribution in [1.82, 2.24) is 25.1 Å². The van der Waals surface area contributed by atoms with Crippen LogP contribution in [0.4, 0.5) is 5.82 Å². The van der Waals surface area contributed by atoms with E-state index in [0.29, 0.717) is 49.2 Å². The molecule has 8 nitrogen and oxygen atoms in total. The lowest BCUT2D eigenvalue weighted by Crippen LogP contribution is -2.53. The van der Waals surface area contributed by atoms with Gasteiger partial charge in [0.2, 0.25) is 5.91 Å². The molecular weight excluding hydrogens is 402 g/mol. The molecule has 3 N–H and O–H groups in total. The number of carbonyl (C=O) groups is 1. The number of piperazine rings is 1. The number of H-pyrrole nitrogens is 1. The minimum atomic E-state index is -0.557. The monoisotopic (exact) mass is 425 g/mol. The van der Waals surface area contributed by atoms with Crippen molar-refractivity contribution in [2.24, 2.45) is 5.73 Å². The number of aromatic amines is 1. The molecule has 5 rings (SSSR count). The van der Waals surface area contributed by atoms with Crippen LogP contribution in [-0.4, -0.2) is 63.2 Å². The van der Waals surface area contributed by atoms with E-state index in [4.69, 9.17) is 17.3 Å². The molecule has 0 unspecified atom stereocenters. The topological polar surface area (TPSA) is 104 Å². The van der Waals surface area contributed by atoms with Gasteiger partial charge in [-0.2, -0.15) is 5.10 Å². The predicted octanol–water partition coefficient (Wildman–Crippen LogP) is 2.10. The molecule has 1 amide bonds. The van der Waals surface area contributed by atoms with Gasteiger partial charge in [0.05, 0.1) is 17.1 Å². The number of hydrogen-bond acceptors (Lipinski definition) is 6. The van der Waals surface area contributed by atoms with Crippen LogP contribution < -0.4 is 10.6 Å². The number of hydrogen-bond donors (Lipinski definition) is 2. The number of carbonyl (C=O) groups excluding carboxylic acids is 1. The number of benzene rings is 1. The summed E-state index contributed by atoms with van der Waals surface area (Å²) < 4.78 is 0. The van der Waals surface area contributed by atoms with Crippen LogP contribution in [0.25, 0.3) is 11.0 Å². The first-order chi connectivity index (χ1) is 14.6. The quantitative estimate of drug-likeness (QED) is 0.648. The van der Waals surface area contributed by atoms with Crippen LogP contribution >= 0.6 is 11.6 Å². The van der Waals surface area contributed by atoms with Gasteiger partial charge in [0.15, 0.2) is 5.65 Å². The zero-order valence-corrected chi connectivity index (χ0v) is 17.3. The summed E-state index contributed by atoms with van der Waals surface area (Å²) in [6.07, 6.45) is 4.43. The van der Waals surface area contributed by atoms with E-state index in [9.17, 15) is 4.79 Å². The summed E-state index contributed by atoms with van der Waals surface area (Å²) >= 11 is 5.93. The smallest absolute Gasteiger partial charge is 0.239 e. The third-order valence-corrected chi connectivity index (χ3v) is 6.17.